The van der Waals surface area contributed by atoms with Gasteiger partial charge in [0.15, 0.2) is 0 Å². The van der Waals surface area contributed by atoms with Crippen LogP contribution in [0.5, 0.6) is 11.5 Å². The third-order valence-corrected chi connectivity index (χ3v) is 15.1. The van der Waals surface area contributed by atoms with E-state index in [1.807, 2.05) is 12.4 Å². The molecule has 0 radical (unpaired) electrons. The lowest BCUT2D eigenvalue weighted by atomic mass is 9.68. The Balaban J connectivity index is 1.02. The van der Waals surface area contributed by atoms with Crippen LogP contribution in [-0.2, 0) is 25.7 Å². The lowest BCUT2D eigenvalue weighted by Gasteiger charge is -2.38. The van der Waals surface area contributed by atoms with Crippen molar-refractivity contribution in [1.82, 2.24) is 9.97 Å². The van der Waals surface area contributed by atoms with Crippen molar-refractivity contribution in [3.63, 3.8) is 0 Å². The van der Waals surface area contributed by atoms with Crippen molar-refractivity contribution in [2.75, 3.05) is 0 Å². The first-order valence-corrected chi connectivity index (χ1v) is 23.7. The average molecular weight is 725 g/mol. The second-order valence-electron chi connectivity index (χ2n) is 19.0. The van der Waals surface area contributed by atoms with Crippen LogP contribution in [0.25, 0.3) is 0 Å². The van der Waals surface area contributed by atoms with Gasteiger partial charge in [-0.15, -0.1) is 0 Å². The van der Waals surface area contributed by atoms with E-state index in [0.29, 0.717) is 0 Å². The third kappa shape index (κ3) is 12.0. The predicted molar refractivity (Wildman–Crippen MR) is 225 cm³/mol. The highest BCUT2D eigenvalue weighted by Gasteiger charge is 2.32. The molecule has 0 N–H and O–H groups in total. The first-order chi connectivity index (χ1) is 26.0. The van der Waals surface area contributed by atoms with Gasteiger partial charge in [-0.1, -0.05) is 105 Å². The second kappa shape index (κ2) is 21.4. The molecule has 2 aromatic heterocycles. The zero-order chi connectivity index (χ0) is 36.8. The summed E-state index contributed by atoms with van der Waals surface area (Å²) < 4.78 is 6.64. The quantitative estimate of drug-likeness (QED) is 0.154. The molecule has 296 valence electrons. The molecule has 0 unspecified atom stereocenters. The first-order valence-electron chi connectivity index (χ1n) is 23.7. The molecule has 0 saturated heterocycles. The summed E-state index contributed by atoms with van der Waals surface area (Å²) in [5, 5.41) is 0. The molecule has 6 rings (SSSR count). The van der Waals surface area contributed by atoms with Gasteiger partial charge in [0, 0.05) is 11.4 Å². The van der Waals surface area contributed by atoms with E-state index in [1.165, 1.54) is 164 Å². The Bertz CT molecular complexity index is 1220. The Labute approximate surface area is 327 Å². The highest BCUT2D eigenvalue weighted by Crippen LogP contribution is 2.45. The van der Waals surface area contributed by atoms with E-state index >= 15 is 0 Å². The number of aromatic nitrogens is 2. The van der Waals surface area contributed by atoms with Crippen LogP contribution in [0.3, 0.4) is 0 Å². The lowest BCUT2D eigenvalue weighted by molar-refractivity contribution is 0.143. The maximum Gasteiger partial charge on any atom is 0.146 e. The van der Waals surface area contributed by atoms with Crippen LogP contribution < -0.4 is 4.74 Å². The van der Waals surface area contributed by atoms with Gasteiger partial charge in [0.25, 0.3) is 0 Å². The summed E-state index contributed by atoms with van der Waals surface area (Å²) in [6.07, 6.45) is 42.7. The Morgan fingerprint density at radius 1 is 0.453 bits per heavy atom. The smallest absolute Gasteiger partial charge is 0.146 e. The molecule has 0 spiro atoms. The molecule has 53 heavy (non-hydrogen) atoms. The summed E-state index contributed by atoms with van der Waals surface area (Å²) in [6.45, 7) is 9.26. The molecule has 0 aromatic carbocycles. The topological polar surface area (TPSA) is 35.0 Å². The van der Waals surface area contributed by atoms with Gasteiger partial charge in [0.2, 0.25) is 0 Å². The van der Waals surface area contributed by atoms with Crippen LogP contribution in [0, 0.1) is 47.3 Å². The second-order valence-corrected chi connectivity index (χ2v) is 19.0. The zero-order valence-corrected chi connectivity index (χ0v) is 35.0. The molecule has 4 fully saturated rings. The number of aryl methyl sites for hydroxylation is 2. The molecule has 4 aliphatic carbocycles. The van der Waals surface area contributed by atoms with Gasteiger partial charge in [-0.2, -0.15) is 0 Å². The lowest BCUT2D eigenvalue weighted by Crippen LogP contribution is -2.26. The largest absolute Gasteiger partial charge is 0.454 e. The fraction of sp³-hybridized carbons (Fsp3) is 0.800. The number of rotatable bonds is 18. The van der Waals surface area contributed by atoms with Gasteiger partial charge < -0.3 is 4.74 Å². The van der Waals surface area contributed by atoms with Crippen molar-refractivity contribution in [3.05, 3.63) is 47.0 Å². The van der Waals surface area contributed by atoms with Gasteiger partial charge in [0.1, 0.15) is 11.5 Å². The van der Waals surface area contributed by atoms with Crippen LogP contribution in [0.15, 0.2) is 24.5 Å². The monoisotopic (exact) mass is 725 g/mol. The average Bonchev–Trinajstić information content (AvgIpc) is 3.19. The van der Waals surface area contributed by atoms with E-state index in [-0.39, 0.29) is 0 Å². The van der Waals surface area contributed by atoms with E-state index < -0.39 is 0 Å². The normalized spacial score (nSPS) is 29.6. The van der Waals surface area contributed by atoms with Crippen LogP contribution in [0.2, 0.25) is 0 Å². The number of ether oxygens (including phenoxy) is 1. The van der Waals surface area contributed by atoms with Gasteiger partial charge in [-0.3, -0.25) is 9.97 Å². The fourth-order valence-electron chi connectivity index (χ4n) is 11.8. The van der Waals surface area contributed by atoms with Crippen molar-refractivity contribution in [2.45, 2.75) is 207 Å². The van der Waals surface area contributed by atoms with Gasteiger partial charge >= 0.3 is 0 Å². The predicted octanol–water partition coefficient (Wildman–Crippen LogP) is 14.9. The summed E-state index contributed by atoms with van der Waals surface area (Å²) in [5.74, 6) is 9.39. The molecule has 0 aliphatic heterocycles. The third-order valence-electron chi connectivity index (χ3n) is 15.1. The molecule has 4 aliphatic rings. The minimum absolute atomic E-state index is 0.789. The number of unbranched alkanes of at least 4 members (excludes halogenated alkanes) is 2. The molecular formula is C50H80N2O. The number of hydrogen-bond donors (Lipinski definition) is 0. The highest BCUT2D eigenvalue weighted by molar-refractivity contribution is 5.36. The van der Waals surface area contributed by atoms with Crippen molar-refractivity contribution < 1.29 is 4.74 Å². The molecule has 2 heterocycles. The molecule has 3 nitrogen and oxygen atoms in total. The van der Waals surface area contributed by atoms with E-state index in [1.54, 1.807) is 0 Å². The van der Waals surface area contributed by atoms with Gasteiger partial charge in [-0.05, 0) is 173 Å². The van der Waals surface area contributed by atoms with Crippen LogP contribution in [0.4, 0.5) is 0 Å². The molecule has 0 bridgehead atoms. The van der Waals surface area contributed by atoms with E-state index in [9.17, 15) is 0 Å². The van der Waals surface area contributed by atoms with Crippen molar-refractivity contribution in [3.8, 4) is 11.5 Å². The Morgan fingerprint density at radius 3 is 1.11 bits per heavy atom. The Kier molecular flexibility index (Phi) is 16.5. The Morgan fingerprint density at radius 2 is 0.792 bits per heavy atom. The molecule has 0 atom stereocenters. The minimum atomic E-state index is 0.789. The van der Waals surface area contributed by atoms with Crippen molar-refractivity contribution >= 4 is 0 Å². The number of nitrogens with zero attached hydrogens (tertiary/aromatic N) is 2. The molecular weight excluding hydrogens is 645 g/mol. The fourth-order valence-corrected chi connectivity index (χ4v) is 11.8. The van der Waals surface area contributed by atoms with E-state index in [4.69, 9.17) is 14.7 Å². The molecule has 2 aromatic rings. The van der Waals surface area contributed by atoms with Crippen LogP contribution in [-0.4, -0.2) is 9.97 Å². The SMILES string of the molecule is CCCCC1CCC(C2CCC(Cc3cc(Oc4cnc(CCC)c(CC5CCC(C6CCC(CCCC)CC6)CC5)c4)cnc3CCC)CC2)CC1. The maximum atomic E-state index is 6.64. The zero-order valence-electron chi connectivity index (χ0n) is 35.0. The Hall–Kier alpha value is -1.90. The number of pyridine rings is 2. The molecule has 3 heteroatoms. The highest BCUT2D eigenvalue weighted by atomic mass is 16.5. The van der Waals surface area contributed by atoms with Gasteiger partial charge in [-0.25, -0.2) is 0 Å². The molecule has 4 saturated carbocycles. The summed E-state index contributed by atoms with van der Waals surface area (Å²) in [5.41, 5.74) is 5.46. The minimum Gasteiger partial charge on any atom is -0.454 e. The van der Waals surface area contributed by atoms with Crippen molar-refractivity contribution in [1.29, 1.82) is 0 Å². The van der Waals surface area contributed by atoms with Gasteiger partial charge in [0.05, 0.1) is 12.4 Å². The van der Waals surface area contributed by atoms with Crippen LogP contribution >= 0.6 is 0 Å². The maximum absolute atomic E-state index is 6.64. The summed E-state index contributed by atoms with van der Waals surface area (Å²) in [7, 11) is 0. The summed E-state index contributed by atoms with van der Waals surface area (Å²) >= 11 is 0. The summed E-state index contributed by atoms with van der Waals surface area (Å²) in [4.78, 5) is 10.1. The summed E-state index contributed by atoms with van der Waals surface area (Å²) in [6, 6.07) is 4.69. The van der Waals surface area contributed by atoms with Crippen molar-refractivity contribution in [2.24, 2.45) is 47.3 Å². The van der Waals surface area contributed by atoms with Crippen LogP contribution in [0.1, 0.15) is 204 Å². The standard InChI is InChI=1S/C50H80N2O/c1-5-9-13-37-15-23-41(24-16-37)43-27-19-39(20-28-43)31-45-33-47(35-51-49(45)11-7-3)53-48-34-46(50(12-8-4)52-36-48)32-40-21-29-44(30-22-40)42-25-17-38(18-26-42)14-10-6-2/h33-44H,5-32H2,1-4H3. The van der Waals surface area contributed by atoms with E-state index in [0.717, 1.165) is 97.4 Å². The number of hydrogen-bond acceptors (Lipinski definition) is 3. The molecule has 0 amide bonds. The van der Waals surface area contributed by atoms with E-state index in [2.05, 4.69) is 39.8 Å². The first kappa shape index (κ1) is 40.8.